The van der Waals surface area contributed by atoms with Gasteiger partial charge in [0, 0.05) is 5.69 Å². The first kappa shape index (κ1) is 15.1. The number of ether oxygens (including phenoxy) is 1. The van der Waals surface area contributed by atoms with Crippen molar-refractivity contribution < 1.29 is 14.3 Å². The van der Waals surface area contributed by atoms with Gasteiger partial charge in [-0.3, -0.25) is 9.59 Å². The van der Waals surface area contributed by atoms with Crippen molar-refractivity contribution in [3.8, 4) is 5.75 Å². The monoisotopic (exact) mass is 311 g/mol. The van der Waals surface area contributed by atoms with Crippen LogP contribution >= 0.6 is 0 Å². The number of methoxy groups -OCH3 is 1. The molecule has 0 bridgehead atoms. The number of hydrogen-bond acceptors (Lipinski definition) is 5. The number of carbonyl (C=O) groups excluding carboxylic acids is 2. The lowest BCUT2D eigenvalue weighted by molar-refractivity contribution is -0.121. The molecule has 2 amide bonds. The Hall–Kier alpha value is -2.86. The third-order valence-electron chi connectivity index (χ3n) is 3.64. The standard InChI is InChI=1S/C17H17N3O3/c1-23-14-9-7-13(8-10-14)20-16(21)11-15(17(20)22)19-18-12-5-3-2-4-6-12/h2-10,15,18-19H,11H2,1H3/t15-/m0/s1. The first-order valence-corrected chi connectivity index (χ1v) is 7.26. The lowest BCUT2D eigenvalue weighted by Crippen LogP contribution is -2.41. The second-order valence-corrected chi connectivity index (χ2v) is 5.16. The zero-order valence-electron chi connectivity index (χ0n) is 12.7. The van der Waals surface area contributed by atoms with Crippen molar-refractivity contribution in [3.05, 3.63) is 54.6 Å². The van der Waals surface area contributed by atoms with E-state index in [-0.39, 0.29) is 18.2 Å². The molecule has 6 nitrogen and oxygen atoms in total. The van der Waals surface area contributed by atoms with Crippen molar-refractivity contribution in [2.24, 2.45) is 0 Å². The molecule has 2 aromatic rings. The summed E-state index contributed by atoms with van der Waals surface area (Å²) in [5.41, 5.74) is 7.25. The van der Waals surface area contributed by atoms with Crippen LogP contribution < -0.4 is 20.5 Å². The Morgan fingerprint density at radius 1 is 1.04 bits per heavy atom. The fraction of sp³-hybridized carbons (Fsp3) is 0.176. The third kappa shape index (κ3) is 3.17. The van der Waals surface area contributed by atoms with Gasteiger partial charge in [0.25, 0.3) is 5.91 Å². The van der Waals surface area contributed by atoms with Crippen molar-refractivity contribution >= 4 is 23.2 Å². The van der Waals surface area contributed by atoms with Crippen LogP contribution in [-0.4, -0.2) is 25.0 Å². The normalized spacial score (nSPS) is 17.4. The Bertz CT molecular complexity index is 701. The van der Waals surface area contributed by atoms with Gasteiger partial charge in [0.1, 0.15) is 11.8 Å². The van der Waals surface area contributed by atoms with Crippen LogP contribution in [0, 0.1) is 0 Å². The van der Waals surface area contributed by atoms with Crippen LogP contribution in [0.1, 0.15) is 6.42 Å². The maximum atomic E-state index is 12.5. The minimum Gasteiger partial charge on any atom is -0.497 e. The van der Waals surface area contributed by atoms with E-state index in [1.54, 1.807) is 31.4 Å². The van der Waals surface area contributed by atoms with Gasteiger partial charge in [-0.2, -0.15) is 0 Å². The maximum absolute atomic E-state index is 12.5. The summed E-state index contributed by atoms with van der Waals surface area (Å²) >= 11 is 0. The Kier molecular flexibility index (Phi) is 4.25. The van der Waals surface area contributed by atoms with Crippen molar-refractivity contribution in [1.82, 2.24) is 5.43 Å². The summed E-state index contributed by atoms with van der Waals surface area (Å²) in [5.74, 6) is 0.171. The highest BCUT2D eigenvalue weighted by molar-refractivity contribution is 6.22. The SMILES string of the molecule is COc1ccc(N2C(=O)C[C@H](NNc3ccccc3)C2=O)cc1. The Balaban J connectivity index is 1.69. The lowest BCUT2D eigenvalue weighted by atomic mass is 10.2. The van der Waals surface area contributed by atoms with Gasteiger partial charge in [-0.05, 0) is 36.4 Å². The molecule has 0 spiro atoms. The smallest absolute Gasteiger partial charge is 0.253 e. The van der Waals surface area contributed by atoms with Gasteiger partial charge in [-0.25, -0.2) is 10.3 Å². The summed E-state index contributed by atoms with van der Waals surface area (Å²) in [6.45, 7) is 0. The lowest BCUT2D eigenvalue weighted by Gasteiger charge is -2.16. The van der Waals surface area contributed by atoms with Crippen molar-refractivity contribution in [3.63, 3.8) is 0 Å². The van der Waals surface area contributed by atoms with Gasteiger partial charge in [0.15, 0.2) is 0 Å². The predicted molar refractivity (Wildman–Crippen MR) is 87.1 cm³/mol. The molecule has 0 saturated carbocycles. The van der Waals surface area contributed by atoms with E-state index in [1.165, 1.54) is 4.90 Å². The fourth-order valence-electron chi connectivity index (χ4n) is 2.44. The van der Waals surface area contributed by atoms with E-state index in [0.717, 1.165) is 5.69 Å². The molecular weight excluding hydrogens is 294 g/mol. The van der Waals surface area contributed by atoms with Crippen LogP contribution in [0.15, 0.2) is 54.6 Å². The number of rotatable bonds is 5. The number of imide groups is 1. The molecular formula is C17H17N3O3. The molecule has 23 heavy (non-hydrogen) atoms. The molecule has 2 aromatic carbocycles. The molecule has 1 saturated heterocycles. The molecule has 6 heteroatoms. The molecule has 1 aliphatic heterocycles. The number of benzene rings is 2. The quantitative estimate of drug-likeness (QED) is 0.652. The third-order valence-corrected chi connectivity index (χ3v) is 3.64. The van der Waals surface area contributed by atoms with E-state index in [9.17, 15) is 9.59 Å². The molecule has 0 radical (unpaired) electrons. The fourth-order valence-corrected chi connectivity index (χ4v) is 2.44. The van der Waals surface area contributed by atoms with E-state index in [4.69, 9.17) is 4.74 Å². The van der Waals surface area contributed by atoms with Crippen LogP contribution in [0.5, 0.6) is 5.75 Å². The van der Waals surface area contributed by atoms with E-state index in [2.05, 4.69) is 10.9 Å². The number of hydrazine groups is 1. The Morgan fingerprint density at radius 3 is 2.39 bits per heavy atom. The van der Waals surface area contributed by atoms with E-state index in [0.29, 0.717) is 11.4 Å². The molecule has 0 aliphatic carbocycles. The minimum absolute atomic E-state index is 0.116. The van der Waals surface area contributed by atoms with Gasteiger partial charge >= 0.3 is 0 Å². The van der Waals surface area contributed by atoms with E-state index < -0.39 is 6.04 Å². The van der Waals surface area contributed by atoms with Crippen LogP contribution in [-0.2, 0) is 9.59 Å². The van der Waals surface area contributed by atoms with Crippen LogP contribution in [0.25, 0.3) is 0 Å². The highest BCUT2D eigenvalue weighted by Crippen LogP contribution is 2.25. The van der Waals surface area contributed by atoms with Crippen LogP contribution in [0.4, 0.5) is 11.4 Å². The predicted octanol–water partition coefficient (Wildman–Crippen LogP) is 1.94. The van der Waals surface area contributed by atoms with Crippen molar-refractivity contribution in [2.45, 2.75) is 12.5 Å². The number of amides is 2. The summed E-state index contributed by atoms with van der Waals surface area (Å²) < 4.78 is 5.08. The Morgan fingerprint density at radius 2 is 1.74 bits per heavy atom. The molecule has 1 fully saturated rings. The molecule has 0 aromatic heterocycles. The molecule has 1 aliphatic rings. The number of nitrogens with one attached hydrogen (secondary N) is 2. The van der Waals surface area contributed by atoms with Crippen molar-refractivity contribution in [1.29, 1.82) is 0 Å². The highest BCUT2D eigenvalue weighted by atomic mass is 16.5. The van der Waals surface area contributed by atoms with Crippen LogP contribution in [0.2, 0.25) is 0 Å². The van der Waals surface area contributed by atoms with Crippen LogP contribution in [0.3, 0.4) is 0 Å². The zero-order chi connectivity index (χ0) is 16.2. The topological polar surface area (TPSA) is 70.7 Å². The van der Waals surface area contributed by atoms with Gasteiger partial charge in [-0.1, -0.05) is 18.2 Å². The summed E-state index contributed by atoms with van der Waals surface area (Å²) in [6, 6.07) is 15.7. The summed E-state index contributed by atoms with van der Waals surface area (Å²) in [5, 5.41) is 0. The zero-order valence-corrected chi connectivity index (χ0v) is 12.7. The van der Waals surface area contributed by atoms with Gasteiger partial charge in [-0.15, -0.1) is 0 Å². The molecule has 118 valence electrons. The second kappa shape index (κ2) is 6.50. The maximum Gasteiger partial charge on any atom is 0.253 e. The largest absolute Gasteiger partial charge is 0.497 e. The summed E-state index contributed by atoms with van der Waals surface area (Å²) in [4.78, 5) is 25.8. The average Bonchev–Trinajstić information content (AvgIpc) is 2.88. The number of para-hydroxylation sites is 1. The number of carbonyl (C=O) groups is 2. The van der Waals surface area contributed by atoms with Gasteiger partial charge < -0.3 is 10.2 Å². The van der Waals surface area contributed by atoms with E-state index >= 15 is 0 Å². The number of hydrogen-bond donors (Lipinski definition) is 2. The number of nitrogens with zero attached hydrogens (tertiary/aromatic N) is 1. The molecule has 2 N–H and O–H groups in total. The van der Waals surface area contributed by atoms with Crippen molar-refractivity contribution in [2.75, 3.05) is 17.4 Å². The summed E-state index contributed by atoms with van der Waals surface area (Å²) in [7, 11) is 1.57. The van der Waals surface area contributed by atoms with E-state index in [1.807, 2.05) is 30.3 Å². The first-order chi connectivity index (χ1) is 11.2. The minimum atomic E-state index is -0.593. The Labute approximate surface area is 134 Å². The van der Waals surface area contributed by atoms with Gasteiger partial charge in [0.2, 0.25) is 5.91 Å². The second-order valence-electron chi connectivity index (χ2n) is 5.16. The average molecular weight is 311 g/mol. The van der Waals surface area contributed by atoms with Gasteiger partial charge in [0.05, 0.1) is 19.2 Å². The molecule has 0 unspecified atom stereocenters. The number of anilines is 2. The highest BCUT2D eigenvalue weighted by Gasteiger charge is 2.39. The molecule has 1 heterocycles. The molecule has 1 atom stereocenters. The first-order valence-electron chi connectivity index (χ1n) is 7.26. The summed E-state index contributed by atoms with van der Waals surface area (Å²) in [6.07, 6.45) is 0.116. The molecule has 3 rings (SSSR count).